The van der Waals surface area contributed by atoms with Crippen LogP contribution in [-0.4, -0.2) is 28.7 Å². The smallest absolute Gasteiger partial charge is 0.251 e. The van der Waals surface area contributed by atoms with E-state index in [-0.39, 0.29) is 23.8 Å². The van der Waals surface area contributed by atoms with Gasteiger partial charge >= 0.3 is 0 Å². The fraction of sp³-hybridized carbons (Fsp3) is 0.542. The van der Waals surface area contributed by atoms with Crippen molar-refractivity contribution < 1.29 is 9.53 Å². The summed E-state index contributed by atoms with van der Waals surface area (Å²) in [5.74, 6) is 1.02. The van der Waals surface area contributed by atoms with Crippen molar-refractivity contribution in [3.8, 4) is 0 Å². The van der Waals surface area contributed by atoms with Gasteiger partial charge in [-0.25, -0.2) is 0 Å². The molecule has 1 aromatic carbocycles. The third kappa shape index (κ3) is 3.89. The van der Waals surface area contributed by atoms with E-state index in [2.05, 4.69) is 52.5 Å². The predicted octanol–water partition coefficient (Wildman–Crippen LogP) is 5.43. The van der Waals surface area contributed by atoms with E-state index in [0.717, 1.165) is 24.0 Å². The minimum absolute atomic E-state index is 0.0146. The number of ether oxygens (including phenoxy) is 1. The summed E-state index contributed by atoms with van der Waals surface area (Å²) < 4.78 is 6.56. The topological polar surface area (TPSA) is 29.5 Å². The Bertz CT molecular complexity index is 734. The molecule has 2 fully saturated rings. The highest BCUT2D eigenvalue weighted by Crippen LogP contribution is 2.46. The van der Waals surface area contributed by atoms with E-state index in [1.165, 1.54) is 6.42 Å². The molecule has 0 bridgehead atoms. The largest absolute Gasteiger partial charge is 0.351 e. The fourth-order valence-electron chi connectivity index (χ4n) is 4.74. The highest BCUT2D eigenvalue weighted by Gasteiger charge is 2.51. The second-order valence-electron chi connectivity index (χ2n) is 8.91. The van der Waals surface area contributed by atoms with E-state index in [4.69, 9.17) is 4.74 Å². The van der Waals surface area contributed by atoms with Crippen molar-refractivity contribution in [1.29, 1.82) is 0 Å². The summed E-state index contributed by atoms with van der Waals surface area (Å²) in [5.41, 5.74) is 2.57. The molecule has 3 rings (SSSR count). The zero-order valence-electron chi connectivity index (χ0n) is 17.4. The van der Waals surface area contributed by atoms with Crippen LogP contribution in [0.2, 0.25) is 0 Å². The Labute approximate surface area is 164 Å². The van der Waals surface area contributed by atoms with Crippen LogP contribution in [0.3, 0.4) is 0 Å². The number of amides is 1. The Morgan fingerprint density at radius 2 is 1.89 bits per heavy atom. The zero-order chi connectivity index (χ0) is 19.8. The SMILES string of the molecule is C=C(C)C(=O)N1[C@H](/C=C(\C)c2ccccc2)O[C@@H]2C[C@H](C)CC[C@H]2C1(C)C. The van der Waals surface area contributed by atoms with E-state index in [1.54, 1.807) is 6.92 Å². The lowest BCUT2D eigenvalue weighted by molar-refractivity contribution is -0.213. The van der Waals surface area contributed by atoms with Crippen molar-refractivity contribution in [2.75, 3.05) is 0 Å². The Morgan fingerprint density at radius 1 is 1.22 bits per heavy atom. The summed E-state index contributed by atoms with van der Waals surface area (Å²) in [7, 11) is 0. The van der Waals surface area contributed by atoms with Crippen LogP contribution in [0, 0.1) is 11.8 Å². The number of carbonyl (C=O) groups is 1. The monoisotopic (exact) mass is 367 g/mol. The van der Waals surface area contributed by atoms with Crippen LogP contribution in [0.5, 0.6) is 0 Å². The normalized spacial score (nSPS) is 30.6. The van der Waals surface area contributed by atoms with Crippen LogP contribution in [0.4, 0.5) is 0 Å². The lowest BCUT2D eigenvalue weighted by Gasteiger charge is -2.56. The van der Waals surface area contributed by atoms with Gasteiger partial charge in [0, 0.05) is 17.0 Å². The molecule has 1 aliphatic carbocycles. The third-order valence-electron chi connectivity index (χ3n) is 6.36. The van der Waals surface area contributed by atoms with Crippen LogP contribution in [-0.2, 0) is 9.53 Å². The average Bonchev–Trinajstić information content (AvgIpc) is 2.61. The number of benzene rings is 1. The van der Waals surface area contributed by atoms with E-state index in [1.807, 2.05) is 23.1 Å². The second-order valence-corrected chi connectivity index (χ2v) is 8.91. The van der Waals surface area contributed by atoms with Gasteiger partial charge in [-0.1, -0.05) is 50.3 Å². The summed E-state index contributed by atoms with van der Waals surface area (Å²) in [6, 6.07) is 10.3. The lowest BCUT2D eigenvalue weighted by atomic mass is 9.69. The zero-order valence-corrected chi connectivity index (χ0v) is 17.4. The van der Waals surface area contributed by atoms with Crippen LogP contribution in [0.25, 0.3) is 5.57 Å². The number of hydrogen-bond donors (Lipinski definition) is 0. The molecule has 1 aromatic rings. The minimum Gasteiger partial charge on any atom is -0.351 e. The maximum atomic E-state index is 13.1. The summed E-state index contributed by atoms with van der Waals surface area (Å²) in [6.45, 7) is 14.5. The minimum atomic E-state index is -0.365. The molecule has 1 amide bonds. The van der Waals surface area contributed by atoms with Crippen molar-refractivity contribution in [3.63, 3.8) is 0 Å². The molecule has 1 saturated carbocycles. The van der Waals surface area contributed by atoms with Crippen LogP contribution in [0.1, 0.15) is 59.4 Å². The molecule has 0 aromatic heterocycles. The Morgan fingerprint density at radius 3 is 2.52 bits per heavy atom. The van der Waals surface area contributed by atoms with Gasteiger partial charge < -0.3 is 9.64 Å². The highest BCUT2D eigenvalue weighted by molar-refractivity contribution is 5.93. The van der Waals surface area contributed by atoms with Gasteiger partial charge in [0.2, 0.25) is 0 Å². The van der Waals surface area contributed by atoms with Crippen molar-refractivity contribution in [1.82, 2.24) is 4.90 Å². The van der Waals surface area contributed by atoms with Gasteiger partial charge in [-0.15, -0.1) is 0 Å². The van der Waals surface area contributed by atoms with Gasteiger partial charge in [0.25, 0.3) is 5.91 Å². The molecular weight excluding hydrogens is 334 g/mol. The molecule has 2 aliphatic rings. The van der Waals surface area contributed by atoms with Gasteiger partial charge in [0.05, 0.1) is 6.10 Å². The molecule has 3 heteroatoms. The lowest BCUT2D eigenvalue weighted by Crippen LogP contribution is -2.65. The first kappa shape index (κ1) is 19.9. The van der Waals surface area contributed by atoms with Crippen molar-refractivity contribution >= 4 is 11.5 Å². The molecule has 0 unspecified atom stereocenters. The number of hydrogen-bond acceptors (Lipinski definition) is 2. The second kappa shape index (κ2) is 7.63. The number of rotatable bonds is 3. The van der Waals surface area contributed by atoms with Gasteiger partial charge in [-0.2, -0.15) is 0 Å². The Kier molecular flexibility index (Phi) is 5.62. The molecule has 1 heterocycles. The van der Waals surface area contributed by atoms with Crippen molar-refractivity contribution in [2.45, 2.75) is 71.8 Å². The first-order valence-corrected chi connectivity index (χ1v) is 10.1. The molecule has 4 atom stereocenters. The molecule has 146 valence electrons. The summed E-state index contributed by atoms with van der Waals surface area (Å²) in [6.07, 6.45) is 5.31. The molecule has 0 N–H and O–H groups in total. The maximum absolute atomic E-state index is 13.1. The molecule has 1 aliphatic heterocycles. The van der Waals surface area contributed by atoms with E-state index < -0.39 is 0 Å². The van der Waals surface area contributed by atoms with Gasteiger partial charge in [0.1, 0.15) is 0 Å². The van der Waals surface area contributed by atoms with Crippen molar-refractivity contribution in [3.05, 3.63) is 54.1 Å². The van der Waals surface area contributed by atoms with Gasteiger partial charge in [-0.05, 0) is 63.7 Å². The Balaban J connectivity index is 2.00. The summed E-state index contributed by atoms with van der Waals surface area (Å²) in [4.78, 5) is 15.0. The number of allylic oxidation sites excluding steroid dienone is 1. The van der Waals surface area contributed by atoms with E-state index in [9.17, 15) is 4.79 Å². The number of nitrogens with zero attached hydrogens (tertiary/aromatic N) is 1. The first-order valence-electron chi connectivity index (χ1n) is 10.1. The molecule has 0 spiro atoms. The first-order chi connectivity index (χ1) is 12.7. The van der Waals surface area contributed by atoms with Crippen LogP contribution >= 0.6 is 0 Å². The molecule has 1 saturated heterocycles. The highest BCUT2D eigenvalue weighted by atomic mass is 16.5. The quantitative estimate of drug-likeness (QED) is 0.666. The molecule has 27 heavy (non-hydrogen) atoms. The summed E-state index contributed by atoms with van der Waals surface area (Å²) >= 11 is 0. The fourth-order valence-corrected chi connectivity index (χ4v) is 4.74. The van der Waals surface area contributed by atoms with Gasteiger partial charge in [-0.3, -0.25) is 4.79 Å². The standard InChI is InChI=1S/C24H33NO2/c1-16(2)23(26)25-22(15-18(4)19-10-8-7-9-11-19)27-21-14-17(3)12-13-20(21)24(25,5)6/h7-11,15,17,20-22H,1,12-14H2,2-6H3/b18-15+/t17-,20-,21-,22+/m1/s1. The summed E-state index contributed by atoms with van der Waals surface area (Å²) in [5, 5.41) is 0. The van der Waals surface area contributed by atoms with E-state index in [0.29, 0.717) is 17.4 Å². The number of carbonyl (C=O) groups excluding carboxylic acids is 1. The molecule has 0 radical (unpaired) electrons. The maximum Gasteiger partial charge on any atom is 0.251 e. The van der Waals surface area contributed by atoms with E-state index >= 15 is 0 Å². The van der Waals surface area contributed by atoms with Gasteiger partial charge in [0.15, 0.2) is 6.23 Å². The molecule has 3 nitrogen and oxygen atoms in total. The Hall–Kier alpha value is -1.87. The average molecular weight is 368 g/mol. The van der Waals surface area contributed by atoms with Crippen molar-refractivity contribution in [2.24, 2.45) is 11.8 Å². The molecular formula is C24H33NO2. The van der Waals surface area contributed by atoms with Crippen LogP contribution < -0.4 is 0 Å². The number of fused-ring (bicyclic) bond motifs is 1. The predicted molar refractivity (Wildman–Crippen MR) is 111 cm³/mol. The third-order valence-corrected chi connectivity index (χ3v) is 6.36. The van der Waals surface area contributed by atoms with Crippen LogP contribution in [0.15, 0.2) is 48.6 Å².